The lowest BCUT2D eigenvalue weighted by Crippen LogP contribution is -2.41. The predicted octanol–water partition coefficient (Wildman–Crippen LogP) is 3.03. The molecule has 0 saturated carbocycles. The third kappa shape index (κ3) is 3.98. The summed E-state index contributed by atoms with van der Waals surface area (Å²) in [5.41, 5.74) is 1.70. The molecule has 0 aliphatic carbocycles. The molecule has 1 amide bonds. The average molecular weight is 439 g/mol. The number of hydrogen-bond acceptors (Lipinski definition) is 4. The Bertz CT molecular complexity index is 925. The highest BCUT2D eigenvalue weighted by Crippen LogP contribution is 2.24. The number of nitrogens with zero attached hydrogens (tertiary/aromatic N) is 1. The van der Waals surface area contributed by atoms with Crippen LogP contribution in [0.4, 0.5) is 5.69 Å². The fourth-order valence-corrected chi connectivity index (χ4v) is 4.57. The Labute approximate surface area is 161 Å². The molecule has 2 aromatic carbocycles. The number of anilines is 1. The van der Waals surface area contributed by atoms with E-state index >= 15 is 0 Å². The van der Waals surface area contributed by atoms with Gasteiger partial charge < -0.3 is 10.1 Å². The standard InChI is InChI=1S/C18H19BrN2O4S/c1-13-12-14(6-7-16(13)19)20-18(22)15-4-2-3-5-17(15)26(23,24)21-8-10-25-11-9-21/h2-7,12H,8-11H2,1H3,(H,20,22). The zero-order valence-electron chi connectivity index (χ0n) is 14.2. The molecule has 6 nitrogen and oxygen atoms in total. The molecule has 1 aliphatic rings. The molecule has 1 heterocycles. The number of benzene rings is 2. The molecule has 1 fully saturated rings. The zero-order chi connectivity index (χ0) is 18.7. The van der Waals surface area contributed by atoms with Crippen LogP contribution in [0.25, 0.3) is 0 Å². The molecule has 2 aromatic rings. The van der Waals surface area contributed by atoms with Crippen LogP contribution in [0.15, 0.2) is 51.8 Å². The highest BCUT2D eigenvalue weighted by molar-refractivity contribution is 9.10. The Morgan fingerprint density at radius 3 is 2.54 bits per heavy atom. The SMILES string of the molecule is Cc1cc(NC(=O)c2ccccc2S(=O)(=O)N2CCOCC2)ccc1Br. The first-order valence-electron chi connectivity index (χ1n) is 8.14. The third-order valence-electron chi connectivity index (χ3n) is 4.14. The summed E-state index contributed by atoms with van der Waals surface area (Å²) >= 11 is 3.41. The largest absolute Gasteiger partial charge is 0.379 e. The van der Waals surface area contributed by atoms with Gasteiger partial charge in [0.25, 0.3) is 5.91 Å². The molecule has 0 spiro atoms. The summed E-state index contributed by atoms with van der Waals surface area (Å²) in [5, 5.41) is 2.77. The van der Waals surface area contributed by atoms with Crippen LogP contribution >= 0.6 is 15.9 Å². The van der Waals surface area contributed by atoms with Gasteiger partial charge in [0, 0.05) is 23.2 Å². The summed E-state index contributed by atoms with van der Waals surface area (Å²) in [6, 6.07) is 11.7. The quantitative estimate of drug-likeness (QED) is 0.795. The molecule has 0 aromatic heterocycles. The molecule has 3 rings (SSSR count). The minimum Gasteiger partial charge on any atom is -0.379 e. The Morgan fingerprint density at radius 1 is 1.15 bits per heavy atom. The van der Waals surface area contributed by atoms with Crippen molar-refractivity contribution in [1.29, 1.82) is 0 Å². The minimum absolute atomic E-state index is 0.00762. The van der Waals surface area contributed by atoms with Gasteiger partial charge in [-0.05, 0) is 42.8 Å². The molecule has 26 heavy (non-hydrogen) atoms. The Morgan fingerprint density at radius 2 is 1.85 bits per heavy atom. The van der Waals surface area contributed by atoms with Crippen molar-refractivity contribution in [3.8, 4) is 0 Å². The highest BCUT2D eigenvalue weighted by atomic mass is 79.9. The second-order valence-electron chi connectivity index (χ2n) is 5.93. The maximum atomic E-state index is 12.9. The van der Waals surface area contributed by atoms with Gasteiger partial charge in [0.2, 0.25) is 10.0 Å². The molecule has 1 aliphatic heterocycles. The number of nitrogens with one attached hydrogen (secondary N) is 1. The minimum atomic E-state index is -3.76. The second-order valence-corrected chi connectivity index (χ2v) is 8.69. The van der Waals surface area contributed by atoms with E-state index in [0.717, 1.165) is 10.0 Å². The van der Waals surface area contributed by atoms with Gasteiger partial charge in [0.05, 0.1) is 23.7 Å². The summed E-state index contributed by atoms with van der Waals surface area (Å²) in [5.74, 6) is -0.459. The van der Waals surface area contributed by atoms with E-state index in [2.05, 4.69) is 21.2 Å². The van der Waals surface area contributed by atoms with Gasteiger partial charge in [0.1, 0.15) is 0 Å². The molecular formula is C18H19BrN2O4S. The lowest BCUT2D eigenvalue weighted by atomic mass is 10.2. The summed E-state index contributed by atoms with van der Waals surface area (Å²) < 4.78 is 33.4. The first kappa shape index (κ1) is 19.0. The van der Waals surface area contributed by atoms with E-state index in [0.29, 0.717) is 18.9 Å². The van der Waals surface area contributed by atoms with Gasteiger partial charge in [-0.3, -0.25) is 4.79 Å². The lowest BCUT2D eigenvalue weighted by molar-refractivity contribution is 0.0730. The number of sulfonamides is 1. The molecule has 0 radical (unpaired) electrons. The van der Waals surface area contributed by atoms with Gasteiger partial charge in [-0.2, -0.15) is 4.31 Å². The van der Waals surface area contributed by atoms with Crippen LogP contribution in [-0.2, 0) is 14.8 Å². The van der Waals surface area contributed by atoms with Crippen molar-refractivity contribution in [3.05, 3.63) is 58.1 Å². The van der Waals surface area contributed by atoms with Crippen LogP contribution in [0, 0.1) is 6.92 Å². The molecular weight excluding hydrogens is 420 g/mol. The highest BCUT2D eigenvalue weighted by Gasteiger charge is 2.30. The van der Waals surface area contributed by atoms with Crippen molar-refractivity contribution in [1.82, 2.24) is 4.31 Å². The maximum Gasteiger partial charge on any atom is 0.257 e. The number of carbonyl (C=O) groups is 1. The molecule has 138 valence electrons. The number of carbonyl (C=O) groups excluding carboxylic acids is 1. The van der Waals surface area contributed by atoms with Crippen molar-refractivity contribution >= 4 is 37.5 Å². The molecule has 1 N–H and O–H groups in total. The number of morpholine rings is 1. The van der Waals surface area contributed by atoms with Gasteiger partial charge in [-0.1, -0.05) is 28.1 Å². The number of aryl methyl sites for hydroxylation is 1. The van der Waals surface area contributed by atoms with Crippen LogP contribution in [0.2, 0.25) is 0 Å². The van der Waals surface area contributed by atoms with E-state index in [1.807, 2.05) is 19.1 Å². The van der Waals surface area contributed by atoms with Crippen molar-refractivity contribution < 1.29 is 17.9 Å². The Balaban J connectivity index is 1.91. The summed E-state index contributed by atoms with van der Waals surface area (Å²) in [6.45, 7) is 3.18. The van der Waals surface area contributed by atoms with E-state index < -0.39 is 15.9 Å². The Kier molecular flexibility index (Phi) is 5.76. The van der Waals surface area contributed by atoms with E-state index in [-0.39, 0.29) is 23.5 Å². The molecule has 0 unspecified atom stereocenters. The Hall–Kier alpha value is -1.74. The first-order valence-corrected chi connectivity index (χ1v) is 10.4. The van der Waals surface area contributed by atoms with Crippen LogP contribution in [0.3, 0.4) is 0 Å². The average Bonchev–Trinajstić information content (AvgIpc) is 2.65. The van der Waals surface area contributed by atoms with E-state index in [1.165, 1.54) is 16.4 Å². The number of hydrogen-bond donors (Lipinski definition) is 1. The fourth-order valence-electron chi connectivity index (χ4n) is 2.73. The number of ether oxygens (including phenoxy) is 1. The van der Waals surface area contributed by atoms with Crippen molar-refractivity contribution in [2.24, 2.45) is 0 Å². The van der Waals surface area contributed by atoms with Gasteiger partial charge in [0.15, 0.2) is 0 Å². The summed E-state index contributed by atoms with van der Waals surface area (Å²) in [7, 11) is -3.76. The molecule has 1 saturated heterocycles. The van der Waals surface area contributed by atoms with Crippen molar-refractivity contribution in [2.75, 3.05) is 31.6 Å². The molecule has 0 atom stereocenters. The normalized spacial score (nSPS) is 15.6. The van der Waals surface area contributed by atoms with Crippen LogP contribution in [-0.4, -0.2) is 44.9 Å². The maximum absolute atomic E-state index is 12.9. The fraction of sp³-hybridized carbons (Fsp3) is 0.278. The first-order chi connectivity index (χ1) is 12.4. The summed E-state index contributed by atoms with van der Waals surface area (Å²) in [6.07, 6.45) is 0. The molecule has 0 bridgehead atoms. The predicted molar refractivity (Wildman–Crippen MR) is 103 cm³/mol. The third-order valence-corrected chi connectivity index (χ3v) is 6.98. The van der Waals surface area contributed by atoms with Gasteiger partial charge in [-0.15, -0.1) is 0 Å². The number of amides is 1. The van der Waals surface area contributed by atoms with Crippen LogP contribution < -0.4 is 5.32 Å². The van der Waals surface area contributed by atoms with E-state index in [9.17, 15) is 13.2 Å². The molecule has 8 heteroatoms. The summed E-state index contributed by atoms with van der Waals surface area (Å²) in [4.78, 5) is 12.7. The smallest absolute Gasteiger partial charge is 0.257 e. The van der Waals surface area contributed by atoms with Crippen molar-refractivity contribution in [3.63, 3.8) is 0 Å². The van der Waals surface area contributed by atoms with E-state index in [1.54, 1.807) is 18.2 Å². The lowest BCUT2D eigenvalue weighted by Gasteiger charge is -2.26. The topological polar surface area (TPSA) is 75.7 Å². The number of rotatable bonds is 4. The van der Waals surface area contributed by atoms with E-state index in [4.69, 9.17) is 4.74 Å². The number of halogens is 1. The van der Waals surface area contributed by atoms with Gasteiger partial charge >= 0.3 is 0 Å². The van der Waals surface area contributed by atoms with Crippen LogP contribution in [0.5, 0.6) is 0 Å². The van der Waals surface area contributed by atoms with Crippen LogP contribution in [0.1, 0.15) is 15.9 Å². The van der Waals surface area contributed by atoms with Crippen molar-refractivity contribution in [2.45, 2.75) is 11.8 Å². The monoisotopic (exact) mass is 438 g/mol. The second kappa shape index (κ2) is 7.87. The zero-order valence-corrected chi connectivity index (χ0v) is 16.6. The van der Waals surface area contributed by atoms with Gasteiger partial charge in [-0.25, -0.2) is 8.42 Å².